The third-order valence-corrected chi connectivity index (χ3v) is 4.59. The molecule has 0 amide bonds. The molecule has 4 heteroatoms. The highest BCUT2D eigenvalue weighted by molar-refractivity contribution is 6.22. The van der Waals surface area contributed by atoms with Gasteiger partial charge in [-0.3, -0.25) is 9.59 Å². The topological polar surface area (TPSA) is 55.7 Å². The van der Waals surface area contributed by atoms with Gasteiger partial charge in [0.2, 0.25) is 11.9 Å². The van der Waals surface area contributed by atoms with Crippen LogP contribution in [0.15, 0.2) is 96.2 Å². The summed E-state index contributed by atoms with van der Waals surface area (Å²) in [4.78, 5) is 31.8. The zero-order chi connectivity index (χ0) is 18.6. The number of ketones is 2. The van der Waals surface area contributed by atoms with Crippen molar-refractivity contribution in [2.45, 2.75) is 6.10 Å². The van der Waals surface area contributed by atoms with Gasteiger partial charge in [0, 0.05) is 16.7 Å². The Hall–Kier alpha value is -3.53. The minimum Gasteiger partial charge on any atom is -0.383 e. The first-order valence-electron chi connectivity index (χ1n) is 8.73. The fraction of sp³-hybridized carbons (Fsp3) is 0.0870. The average Bonchev–Trinajstić information content (AvgIpc) is 3.19. The van der Waals surface area contributed by atoms with E-state index in [4.69, 9.17) is 4.84 Å². The van der Waals surface area contributed by atoms with Gasteiger partial charge in [-0.1, -0.05) is 96.2 Å². The number of rotatable bonds is 5. The van der Waals surface area contributed by atoms with Crippen LogP contribution in [0.1, 0.15) is 26.3 Å². The summed E-state index contributed by atoms with van der Waals surface area (Å²) in [5.74, 6) is -1.22. The van der Waals surface area contributed by atoms with Gasteiger partial charge in [-0.15, -0.1) is 0 Å². The van der Waals surface area contributed by atoms with Gasteiger partial charge in [-0.05, 0) is 0 Å². The molecule has 1 aliphatic rings. The van der Waals surface area contributed by atoms with Crippen LogP contribution in [-0.2, 0) is 4.84 Å². The molecule has 0 aromatic heterocycles. The maximum atomic E-state index is 13.3. The molecule has 132 valence electrons. The molecule has 27 heavy (non-hydrogen) atoms. The molecule has 4 rings (SSSR count). The van der Waals surface area contributed by atoms with Gasteiger partial charge in [0.25, 0.3) is 0 Å². The summed E-state index contributed by atoms with van der Waals surface area (Å²) in [6.07, 6.45) is -0.977. The number of oxime groups is 1. The summed E-state index contributed by atoms with van der Waals surface area (Å²) in [5, 5.41) is 4.14. The largest absolute Gasteiger partial charge is 0.383 e. The first kappa shape index (κ1) is 16.9. The number of Topliss-reactive ketones (excluding diaryl/α,β-unsaturated/α-hetero) is 2. The van der Waals surface area contributed by atoms with Crippen LogP contribution in [0.25, 0.3) is 0 Å². The average molecular weight is 355 g/mol. The van der Waals surface area contributed by atoms with Crippen molar-refractivity contribution in [1.29, 1.82) is 0 Å². The lowest BCUT2D eigenvalue weighted by atomic mass is 9.83. The molecular formula is C23H17NO3. The van der Waals surface area contributed by atoms with Crippen molar-refractivity contribution >= 4 is 17.3 Å². The molecule has 0 saturated heterocycles. The molecule has 0 fully saturated rings. The van der Waals surface area contributed by atoms with Crippen LogP contribution >= 0.6 is 0 Å². The number of benzene rings is 3. The molecule has 2 atom stereocenters. The Bertz CT molecular complexity index is 982. The summed E-state index contributed by atoms with van der Waals surface area (Å²) in [6, 6.07) is 27.1. The van der Waals surface area contributed by atoms with Gasteiger partial charge in [0.05, 0.1) is 0 Å². The molecule has 0 radical (unpaired) electrons. The van der Waals surface area contributed by atoms with Gasteiger partial charge in [0.15, 0.2) is 5.78 Å². The summed E-state index contributed by atoms with van der Waals surface area (Å²) in [6.45, 7) is 0. The highest BCUT2D eigenvalue weighted by Gasteiger charge is 2.45. The van der Waals surface area contributed by atoms with Crippen LogP contribution in [0.5, 0.6) is 0 Å². The van der Waals surface area contributed by atoms with E-state index in [1.807, 2.05) is 42.5 Å². The Morgan fingerprint density at radius 2 is 1.15 bits per heavy atom. The normalized spacial score (nSPS) is 18.4. The van der Waals surface area contributed by atoms with E-state index in [9.17, 15) is 9.59 Å². The van der Waals surface area contributed by atoms with Crippen LogP contribution in [-0.4, -0.2) is 23.4 Å². The Labute approximate surface area is 157 Å². The van der Waals surface area contributed by atoms with Gasteiger partial charge in [0.1, 0.15) is 11.6 Å². The minimum absolute atomic E-state index is 0.176. The van der Waals surface area contributed by atoms with E-state index >= 15 is 0 Å². The summed E-state index contributed by atoms with van der Waals surface area (Å²) < 4.78 is 0. The number of carbonyl (C=O) groups is 2. The van der Waals surface area contributed by atoms with Crippen molar-refractivity contribution in [3.63, 3.8) is 0 Å². The molecule has 3 aromatic rings. The van der Waals surface area contributed by atoms with Crippen LogP contribution < -0.4 is 0 Å². The van der Waals surface area contributed by atoms with E-state index < -0.39 is 12.0 Å². The predicted octanol–water partition coefficient (Wildman–Crippen LogP) is 4.17. The molecule has 1 heterocycles. The first-order valence-corrected chi connectivity index (χ1v) is 8.73. The van der Waals surface area contributed by atoms with Crippen molar-refractivity contribution in [1.82, 2.24) is 0 Å². The lowest BCUT2D eigenvalue weighted by Gasteiger charge is -2.17. The zero-order valence-electron chi connectivity index (χ0n) is 14.5. The van der Waals surface area contributed by atoms with Crippen molar-refractivity contribution in [2.24, 2.45) is 11.1 Å². The van der Waals surface area contributed by atoms with Gasteiger partial charge < -0.3 is 4.84 Å². The SMILES string of the molecule is O=C(c1ccccc1)C1ON=C(c2ccccc2)C1C(=O)c1ccccc1. The lowest BCUT2D eigenvalue weighted by Crippen LogP contribution is -2.37. The molecule has 0 saturated carbocycles. The fourth-order valence-electron chi connectivity index (χ4n) is 3.23. The second-order valence-corrected chi connectivity index (χ2v) is 6.31. The summed E-state index contributed by atoms with van der Waals surface area (Å²) in [7, 11) is 0. The van der Waals surface area contributed by atoms with Crippen LogP contribution in [0.4, 0.5) is 0 Å². The van der Waals surface area contributed by atoms with E-state index in [-0.39, 0.29) is 11.6 Å². The maximum absolute atomic E-state index is 13.3. The van der Waals surface area contributed by atoms with Crippen molar-refractivity contribution in [3.05, 3.63) is 108 Å². The Morgan fingerprint density at radius 1 is 0.667 bits per heavy atom. The number of carbonyl (C=O) groups excluding carboxylic acids is 2. The molecule has 0 bridgehead atoms. The maximum Gasteiger partial charge on any atom is 0.207 e. The van der Waals surface area contributed by atoms with E-state index in [2.05, 4.69) is 5.16 Å². The second kappa shape index (κ2) is 7.38. The number of hydrogen-bond acceptors (Lipinski definition) is 4. The highest BCUT2D eigenvalue weighted by atomic mass is 16.6. The van der Waals surface area contributed by atoms with Gasteiger partial charge >= 0.3 is 0 Å². The second-order valence-electron chi connectivity index (χ2n) is 6.31. The third-order valence-electron chi connectivity index (χ3n) is 4.59. The quantitative estimate of drug-likeness (QED) is 0.646. The zero-order valence-corrected chi connectivity index (χ0v) is 14.5. The molecule has 0 N–H and O–H groups in total. The molecule has 0 aliphatic carbocycles. The van der Waals surface area contributed by atoms with Crippen molar-refractivity contribution < 1.29 is 14.4 Å². The Kier molecular flexibility index (Phi) is 4.62. The van der Waals surface area contributed by atoms with Crippen molar-refractivity contribution in [2.75, 3.05) is 0 Å². The van der Waals surface area contributed by atoms with Gasteiger partial charge in [-0.2, -0.15) is 0 Å². The molecular weight excluding hydrogens is 338 g/mol. The first-order chi connectivity index (χ1) is 13.3. The van der Waals surface area contributed by atoms with Crippen LogP contribution in [0.2, 0.25) is 0 Å². The number of nitrogens with zero attached hydrogens (tertiary/aromatic N) is 1. The van der Waals surface area contributed by atoms with E-state index in [0.29, 0.717) is 16.8 Å². The third kappa shape index (κ3) is 3.29. The van der Waals surface area contributed by atoms with E-state index in [0.717, 1.165) is 5.56 Å². The molecule has 3 aromatic carbocycles. The van der Waals surface area contributed by atoms with Crippen molar-refractivity contribution in [3.8, 4) is 0 Å². The highest BCUT2D eigenvalue weighted by Crippen LogP contribution is 2.29. The summed E-state index contributed by atoms with van der Waals surface area (Å²) in [5.41, 5.74) is 2.29. The van der Waals surface area contributed by atoms with E-state index in [1.165, 1.54) is 0 Å². The molecule has 4 nitrogen and oxygen atoms in total. The van der Waals surface area contributed by atoms with Gasteiger partial charge in [-0.25, -0.2) is 0 Å². The minimum atomic E-state index is -0.977. The standard InChI is InChI=1S/C23H17NO3/c25-21(17-12-6-2-7-13-17)19-20(16-10-4-1-5-11-16)24-27-23(19)22(26)18-14-8-3-9-15-18/h1-15,19,23H. The molecule has 0 spiro atoms. The predicted molar refractivity (Wildman–Crippen MR) is 103 cm³/mol. The Balaban J connectivity index is 1.74. The fourth-order valence-corrected chi connectivity index (χ4v) is 3.23. The van der Waals surface area contributed by atoms with E-state index in [1.54, 1.807) is 48.5 Å². The molecule has 1 aliphatic heterocycles. The smallest absolute Gasteiger partial charge is 0.207 e. The monoisotopic (exact) mass is 355 g/mol. The Morgan fingerprint density at radius 3 is 1.70 bits per heavy atom. The lowest BCUT2D eigenvalue weighted by molar-refractivity contribution is 0.0424. The molecule has 2 unspecified atom stereocenters. The number of hydrogen-bond donors (Lipinski definition) is 0. The van der Waals surface area contributed by atoms with Crippen LogP contribution in [0.3, 0.4) is 0 Å². The van der Waals surface area contributed by atoms with Crippen LogP contribution in [0, 0.1) is 5.92 Å². The summed E-state index contributed by atoms with van der Waals surface area (Å²) >= 11 is 0.